The average molecular weight is 213 g/mol. The molecule has 2 nitrogen and oxygen atoms in total. The lowest BCUT2D eigenvalue weighted by Crippen LogP contribution is -2.45. The van der Waals surface area contributed by atoms with Gasteiger partial charge in [0.05, 0.1) is 6.61 Å². The van der Waals surface area contributed by atoms with Gasteiger partial charge in [-0.15, -0.1) is 0 Å². The van der Waals surface area contributed by atoms with Crippen molar-refractivity contribution in [2.45, 2.75) is 65.0 Å². The molecule has 0 amide bonds. The molecular formula is C13H27NO. The number of rotatable bonds is 5. The maximum absolute atomic E-state index is 9.26. The molecule has 0 aromatic heterocycles. The summed E-state index contributed by atoms with van der Waals surface area (Å²) in [7, 11) is 0. The van der Waals surface area contributed by atoms with Crippen molar-refractivity contribution >= 4 is 0 Å². The minimum Gasteiger partial charge on any atom is -0.395 e. The van der Waals surface area contributed by atoms with Crippen LogP contribution in [0.5, 0.6) is 0 Å². The summed E-state index contributed by atoms with van der Waals surface area (Å²) in [6, 6.07) is 0.931. The van der Waals surface area contributed by atoms with E-state index in [9.17, 15) is 5.11 Å². The SMILES string of the molecule is CCC1CCC(NC(CO)C(C)C)CC1. The largest absolute Gasteiger partial charge is 0.395 e. The van der Waals surface area contributed by atoms with Crippen molar-refractivity contribution in [1.29, 1.82) is 0 Å². The second kappa shape index (κ2) is 6.49. The van der Waals surface area contributed by atoms with Crippen molar-refractivity contribution < 1.29 is 5.11 Å². The topological polar surface area (TPSA) is 32.3 Å². The molecule has 0 bridgehead atoms. The van der Waals surface area contributed by atoms with Crippen LogP contribution in [0.1, 0.15) is 52.9 Å². The first kappa shape index (κ1) is 13.0. The highest BCUT2D eigenvalue weighted by Crippen LogP contribution is 2.26. The summed E-state index contributed by atoms with van der Waals surface area (Å²) in [6.45, 7) is 6.91. The molecule has 0 saturated heterocycles. The van der Waals surface area contributed by atoms with Gasteiger partial charge in [0.1, 0.15) is 0 Å². The zero-order valence-corrected chi connectivity index (χ0v) is 10.5. The highest BCUT2D eigenvalue weighted by molar-refractivity contribution is 4.81. The first-order valence-electron chi connectivity index (χ1n) is 6.54. The molecule has 0 aliphatic heterocycles. The Morgan fingerprint density at radius 3 is 2.20 bits per heavy atom. The Morgan fingerprint density at radius 1 is 1.20 bits per heavy atom. The van der Waals surface area contributed by atoms with Crippen molar-refractivity contribution in [3.05, 3.63) is 0 Å². The van der Waals surface area contributed by atoms with E-state index in [-0.39, 0.29) is 12.6 Å². The summed E-state index contributed by atoms with van der Waals surface area (Å²) in [6.07, 6.45) is 6.65. The van der Waals surface area contributed by atoms with Crippen molar-refractivity contribution in [1.82, 2.24) is 5.32 Å². The molecule has 1 unspecified atom stereocenters. The standard InChI is InChI=1S/C13H27NO/c1-4-11-5-7-12(8-6-11)14-13(9-15)10(2)3/h10-15H,4-9H2,1-3H3. The van der Waals surface area contributed by atoms with E-state index >= 15 is 0 Å². The molecular weight excluding hydrogens is 186 g/mol. The maximum atomic E-state index is 9.26. The molecule has 0 spiro atoms. The van der Waals surface area contributed by atoms with Crippen LogP contribution in [0, 0.1) is 11.8 Å². The quantitative estimate of drug-likeness (QED) is 0.735. The predicted molar refractivity (Wildman–Crippen MR) is 64.9 cm³/mol. The Bertz CT molecular complexity index is 162. The van der Waals surface area contributed by atoms with Crippen molar-refractivity contribution in [3.8, 4) is 0 Å². The lowest BCUT2D eigenvalue weighted by Gasteiger charge is -2.32. The Kier molecular flexibility index (Phi) is 5.62. The van der Waals surface area contributed by atoms with Gasteiger partial charge in [-0.2, -0.15) is 0 Å². The Morgan fingerprint density at radius 2 is 1.80 bits per heavy atom. The molecule has 1 aliphatic carbocycles. The van der Waals surface area contributed by atoms with Crippen LogP contribution < -0.4 is 5.32 Å². The lowest BCUT2D eigenvalue weighted by molar-refractivity contribution is 0.178. The fourth-order valence-electron chi connectivity index (χ4n) is 2.50. The van der Waals surface area contributed by atoms with Crippen molar-refractivity contribution in [2.75, 3.05) is 6.61 Å². The number of aliphatic hydroxyl groups excluding tert-OH is 1. The van der Waals surface area contributed by atoms with E-state index < -0.39 is 0 Å². The third-order valence-corrected chi connectivity index (χ3v) is 3.88. The van der Waals surface area contributed by atoms with Gasteiger partial charge in [0, 0.05) is 12.1 Å². The van der Waals surface area contributed by atoms with Crippen LogP contribution in [0.4, 0.5) is 0 Å². The number of aliphatic hydroxyl groups is 1. The molecule has 1 fully saturated rings. The smallest absolute Gasteiger partial charge is 0.0587 e. The van der Waals surface area contributed by atoms with E-state index in [1.165, 1.54) is 32.1 Å². The summed E-state index contributed by atoms with van der Waals surface area (Å²) >= 11 is 0. The second-order valence-electron chi connectivity index (χ2n) is 5.33. The van der Waals surface area contributed by atoms with E-state index in [1.54, 1.807) is 0 Å². The predicted octanol–water partition coefficient (Wildman–Crippen LogP) is 2.56. The van der Waals surface area contributed by atoms with Crippen LogP contribution >= 0.6 is 0 Å². The summed E-state index contributed by atoms with van der Waals surface area (Å²) in [5.41, 5.74) is 0. The Hall–Kier alpha value is -0.0800. The van der Waals surface area contributed by atoms with Gasteiger partial charge in [-0.25, -0.2) is 0 Å². The van der Waals surface area contributed by atoms with Gasteiger partial charge in [-0.1, -0.05) is 27.2 Å². The van der Waals surface area contributed by atoms with Gasteiger partial charge in [0.25, 0.3) is 0 Å². The molecule has 2 heteroatoms. The van der Waals surface area contributed by atoms with E-state index in [0.717, 1.165) is 5.92 Å². The highest BCUT2D eigenvalue weighted by atomic mass is 16.3. The highest BCUT2D eigenvalue weighted by Gasteiger charge is 2.22. The van der Waals surface area contributed by atoms with Crippen molar-refractivity contribution in [2.24, 2.45) is 11.8 Å². The van der Waals surface area contributed by atoms with Crippen LogP contribution in [-0.4, -0.2) is 23.8 Å². The summed E-state index contributed by atoms with van der Waals surface area (Å²) in [4.78, 5) is 0. The van der Waals surface area contributed by atoms with Gasteiger partial charge in [0.15, 0.2) is 0 Å². The first-order valence-corrected chi connectivity index (χ1v) is 6.54. The average Bonchev–Trinajstić information content (AvgIpc) is 2.26. The Labute approximate surface area is 94.5 Å². The molecule has 0 aromatic rings. The third-order valence-electron chi connectivity index (χ3n) is 3.88. The number of hydrogen-bond acceptors (Lipinski definition) is 2. The zero-order valence-electron chi connectivity index (χ0n) is 10.5. The van der Waals surface area contributed by atoms with Gasteiger partial charge in [-0.05, 0) is 37.5 Å². The lowest BCUT2D eigenvalue weighted by atomic mass is 9.84. The van der Waals surface area contributed by atoms with Crippen LogP contribution in [-0.2, 0) is 0 Å². The molecule has 2 N–H and O–H groups in total. The fraction of sp³-hybridized carbons (Fsp3) is 1.00. The Balaban J connectivity index is 2.28. The van der Waals surface area contributed by atoms with Crippen LogP contribution in [0.15, 0.2) is 0 Å². The van der Waals surface area contributed by atoms with Gasteiger partial charge < -0.3 is 10.4 Å². The molecule has 0 heterocycles. The molecule has 0 radical (unpaired) electrons. The van der Waals surface area contributed by atoms with Crippen LogP contribution in [0.2, 0.25) is 0 Å². The third kappa shape index (κ3) is 4.12. The molecule has 1 saturated carbocycles. The van der Waals surface area contributed by atoms with Crippen LogP contribution in [0.25, 0.3) is 0 Å². The van der Waals surface area contributed by atoms with E-state index in [4.69, 9.17) is 0 Å². The molecule has 90 valence electrons. The minimum absolute atomic E-state index is 0.269. The molecule has 15 heavy (non-hydrogen) atoms. The fourth-order valence-corrected chi connectivity index (χ4v) is 2.50. The van der Waals surface area contributed by atoms with E-state index in [2.05, 4.69) is 26.1 Å². The van der Waals surface area contributed by atoms with E-state index in [0.29, 0.717) is 12.0 Å². The maximum Gasteiger partial charge on any atom is 0.0587 e. The molecule has 1 aliphatic rings. The first-order chi connectivity index (χ1) is 7.17. The van der Waals surface area contributed by atoms with Gasteiger partial charge in [0.2, 0.25) is 0 Å². The normalized spacial score (nSPS) is 29.4. The molecule has 1 atom stereocenters. The van der Waals surface area contributed by atoms with Crippen molar-refractivity contribution in [3.63, 3.8) is 0 Å². The summed E-state index contributed by atoms with van der Waals surface area (Å²) < 4.78 is 0. The monoisotopic (exact) mass is 213 g/mol. The summed E-state index contributed by atoms with van der Waals surface area (Å²) in [5, 5.41) is 12.9. The van der Waals surface area contributed by atoms with E-state index in [1.807, 2.05) is 0 Å². The zero-order chi connectivity index (χ0) is 11.3. The number of nitrogens with one attached hydrogen (secondary N) is 1. The molecule has 1 rings (SSSR count). The van der Waals surface area contributed by atoms with Gasteiger partial charge >= 0.3 is 0 Å². The van der Waals surface area contributed by atoms with Gasteiger partial charge in [-0.3, -0.25) is 0 Å². The minimum atomic E-state index is 0.269. The molecule has 0 aromatic carbocycles. The van der Waals surface area contributed by atoms with Crippen LogP contribution in [0.3, 0.4) is 0 Å². The summed E-state index contributed by atoms with van der Waals surface area (Å²) in [5.74, 6) is 1.48. The second-order valence-corrected chi connectivity index (χ2v) is 5.33. The number of hydrogen-bond donors (Lipinski definition) is 2.